The molecule has 1 amide bonds. The molecule has 0 aliphatic heterocycles. The molecule has 182 valence electrons. The molecule has 3 aromatic heterocycles. The third-order valence-corrected chi connectivity index (χ3v) is 6.47. The number of carbonyl (C=O) groups excluding carboxylic acids is 1. The molecular weight excluding hydrogens is 486 g/mol. The van der Waals surface area contributed by atoms with Crippen molar-refractivity contribution < 1.29 is 4.79 Å². The number of anilines is 1. The molecular formula is C24H26ClN7O2S. The van der Waals surface area contributed by atoms with E-state index in [-0.39, 0.29) is 18.0 Å². The van der Waals surface area contributed by atoms with Gasteiger partial charge in [0.1, 0.15) is 5.69 Å². The fraction of sp³-hybridized carbons (Fsp3) is 0.250. The molecule has 9 nitrogen and oxygen atoms in total. The smallest absolute Gasteiger partial charge is 0.261 e. The normalized spacial score (nSPS) is 11.1. The summed E-state index contributed by atoms with van der Waals surface area (Å²) >= 11 is 7.14. The zero-order valence-corrected chi connectivity index (χ0v) is 21.0. The van der Waals surface area contributed by atoms with E-state index in [4.69, 9.17) is 11.6 Å². The van der Waals surface area contributed by atoms with Gasteiger partial charge in [-0.3, -0.25) is 9.59 Å². The largest absolute Gasteiger partial charge is 0.383 e. The second-order valence-electron chi connectivity index (χ2n) is 8.17. The highest BCUT2D eigenvalue weighted by Gasteiger charge is 2.13. The van der Waals surface area contributed by atoms with Crippen LogP contribution in [0.5, 0.6) is 0 Å². The first-order chi connectivity index (χ1) is 16.9. The highest BCUT2D eigenvalue weighted by Crippen LogP contribution is 2.26. The number of nitrogens with zero attached hydrogens (tertiary/aromatic N) is 4. The number of benzene rings is 1. The highest BCUT2D eigenvalue weighted by molar-refractivity contribution is 7.17. The Morgan fingerprint density at radius 3 is 2.83 bits per heavy atom. The van der Waals surface area contributed by atoms with Crippen LogP contribution in [0.4, 0.5) is 5.69 Å². The van der Waals surface area contributed by atoms with Gasteiger partial charge in [0.15, 0.2) is 0 Å². The summed E-state index contributed by atoms with van der Waals surface area (Å²) in [6.45, 7) is 1.93. The Balaban J connectivity index is 1.54. The number of pyridine rings is 1. The molecule has 0 aliphatic carbocycles. The number of amides is 1. The average Bonchev–Trinajstić information content (AvgIpc) is 3.49. The Morgan fingerprint density at radius 1 is 1.23 bits per heavy atom. The molecule has 0 unspecified atom stereocenters. The molecule has 0 aliphatic rings. The number of nitrogens with one attached hydrogen (secondary N) is 3. The molecule has 0 bridgehead atoms. The van der Waals surface area contributed by atoms with Crippen molar-refractivity contribution in [1.82, 2.24) is 30.2 Å². The Labute approximate surface area is 211 Å². The zero-order chi connectivity index (χ0) is 24.8. The van der Waals surface area contributed by atoms with Crippen LogP contribution in [0.25, 0.3) is 16.8 Å². The van der Waals surface area contributed by atoms with Crippen LogP contribution in [0.15, 0.2) is 59.7 Å². The van der Waals surface area contributed by atoms with E-state index in [1.54, 1.807) is 41.3 Å². The maximum atomic E-state index is 12.3. The van der Waals surface area contributed by atoms with Gasteiger partial charge >= 0.3 is 0 Å². The van der Waals surface area contributed by atoms with E-state index in [9.17, 15) is 9.59 Å². The van der Waals surface area contributed by atoms with E-state index in [0.29, 0.717) is 20.5 Å². The molecule has 0 radical (unpaired) electrons. The van der Waals surface area contributed by atoms with Crippen molar-refractivity contribution in [2.75, 3.05) is 32.5 Å². The van der Waals surface area contributed by atoms with Crippen molar-refractivity contribution in [2.45, 2.75) is 13.0 Å². The van der Waals surface area contributed by atoms with E-state index in [2.05, 4.69) is 30.8 Å². The Hall–Kier alpha value is -3.47. The maximum Gasteiger partial charge on any atom is 0.261 e. The predicted molar refractivity (Wildman–Crippen MR) is 140 cm³/mol. The number of aromatic amines is 1. The molecule has 3 N–H and O–H groups in total. The third kappa shape index (κ3) is 6.36. The lowest BCUT2D eigenvalue weighted by molar-refractivity contribution is 0.0954. The molecule has 0 spiro atoms. The van der Waals surface area contributed by atoms with Gasteiger partial charge in [-0.1, -0.05) is 22.9 Å². The molecule has 35 heavy (non-hydrogen) atoms. The van der Waals surface area contributed by atoms with Gasteiger partial charge in [0, 0.05) is 18.3 Å². The van der Waals surface area contributed by atoms with Crippen LogP contribution in [-0.2, 0) is 6.54 Å². The van der Waals surface area contributed by atoms with E-state index in [1.165, 1.54) is 11.3 Å². The lowest BCUT2D eigenvalue weighted by Gasteiger charge is -2.15. The minimum Gasteiger partial charge on any atom is -0.383 e. The summed E-state index contributed by atoms with van der Waals surface area (Å²) in [6.07, 6.45) is 4.34. The molecule has 0 saturated carbocycles. The third-order valence-electron chi connectivity index (χ3n) is 5.24. The summed E-state index contributed by atoms with van der Waals surface area (Å²) in [5.74, 6) is -0.211. The number of thiophene rings is 1. The van der Waals surface area contributed by atoms with Crippen LogP contribution in [0.2, 0.25) is 4.34 Å². The van der Waals surface area contributed by atoms with E-state index >= 15 is 0 Å². The van der Waals surface area contributed by atoms with Gasteiger partial charge in [-0.2, -0.15) is 0 Å². The van der Waals surface area contributed by atoms with Crippen LogP contribution >= 0.6 is 22.9 Å². The van der Waals surface area contributed by atoms with Crippen molar-refractivity contribution >= 4 is 34.5 Å². The summed E-state index contributed by atoms with van der Waals surface area (Å²) in [7, 11) is 4.08. The standard InChI is InChI=1S/C24H26ClN7O2S/c1-31(2)12-4-11-26-19-13-16(18-5-3-10-27-23(18)33)6-7-20(19)32-15-17(29-30-32)14-28-24(34)21-8-9-22(25)35-21/h3,5-10,13,15,26H,4,11-12,14H2,1-2H3,(H,27,33)(H,28,34). The lowest BCUT2D eigenvalue weighted by atomic mass is 10.1. The maximum absolute atomic E-state index is 12.3. The van der Waals surface area contributed by atoms with Gasteiger partial charge in [-0.15, -0.1) is 16.4 Å². The van der Waals surface area contributed by atoms with Crippen LogP contribution in [0.1, 0.15) is 21.8 Å². The fourth-order valence-electron chi connectivity index (χ4n) is 3.50. The second-order valence-corrected chi connectivity index (χ2v) is 9.88. The molecule has 0 fully saturated rings. The van der Waals surface area contributed by atoms with Crippen molar-refractivity contribution in [2.24, 2.45) is 0 Å². The van der Waals surface area contributed by atoms with Gasteiger partial charge < -0.3 is 20.5 Å². The fourth-order valence-corrected chi connectivity index (χ4v) is 4.46. The van der Waals surface area contributed by atoms with Crippen LogP contribution < -0.4 is 16.2 Å². The number of H-pyrrole nitrogens is 1. The molecule has 1 aromatic carbocycles. The number of aromatic nitrogens is 4. The SMILES string of the molecule is CN(C)CCCNc1cc(-c2ccc[nH]c2=O)ccc1-n1cc(CNC(=O)c2ccc(Cl)s2)nn1. The molecule has 0 saturated heterocycles. The van der Waals surface area contributed by atoms with E-state index in [0.717, 1.165) is 36.4 Å². The van der Waals surface area contributed by atoms with Gasteiger partial charge in [0.05, 0.1) is 33.3 Å². The zero-order valence-electron chi connectivity index (χ0n) is 19.4. The van der Waals surface area contributed by atoms with E-state index < -0.39 is 0 Å². The van der Waals surface area contributed by atoms with Gasteiger partial charge in [-0.05, 0) is 69.0 Å². The van der Waals surface area contributed by atoms with E-state index in [1.807, 2.05) is 32.3 Å². The number of hydrogen-bond donors (Lipinski definition) is 3. The van der Waals surface area contributed by atoms with Crippen LogP contribution in [0.3, 0.4) is 0 Å². The van der Waals surface area contributed by atoms with Gasteiger partial charge in [-0.25, -0.2) is 4.68 Å². The first kappa shape index (κ1) is 24.6. The summed E-state index contributed by atoms with van der Waals surface area (Å²) in [4.78, 5) is 30.0. The summed E-state index contributed by atoms with van der Waals surface area (Å²) in [5, 5.41) is 14.8. The van der Waals surface area contributed by atoms with Crippen molar-refractivity contribution in [3.63, 3.8) is 0 Å². The minimum absolute atomic E-state index is 0.149. The number of hydrogen-bond acceptors (Lipinski definition) is 7. The molecule has 11 heteroatoms. The molecule has 4 aromatic rings. The Bertz CT molecular complexity index is 1360. The van der Waals surface area contributed by atoms with Crippen LogP contribution in [0, 0.1) is 0 Å². The first-order valence-corrected chi connectivity index (χ1v) is 12.3. The number of carbonyl (C=O) groups is 1. The minimum atomic E-state index is -0.211. The van der Waals surface area contributed by atoms with Gasteiger partial charge in [0.25, 0.3) is 11.5 Å². The number of rotatable bonds is 10. The molecule has 4 rings (SSSR count). The second kappa shape index (κ2) is 11.3. The van der Waals surface area contributed by atoms with Crippen molar-refractivity contribution in [3.8, 4) is 16.8 Å². The first-order valence-electron chi connectivity index (χ1n) is 11.1. The summed E-state index contributed by atoms with van der Waals surface area (Å²) < 4.78 is 2.23. The molecule has 3 heterocycles. The predicted octanol–water partition coefficient (Wildman–Crippen LogP) is 3.63. The van der Waals surface area contributed by atoms with Gasteiger partial charge in [0.2, 0.25) is 0 Å². The van der Waals surface area contributed by atoms with Crippen molar-refractivity contribution in [1.29, 1.82) is 0 Å². The average molecular weight is 512 g/mol. The van der Waals surface area contributed by atoms with Crippen molar-refractivity contribution in [3.05, 3.63) is 80.1 Å². The Kier molecular flexibility index (Phi) is 7.96. The highest BCUT2D eigenvalue weighted by atomic mass is 35.5. The lowest BCUT2D eigenvalue weighted by Crippen LogP contribution is -2.21. The topological polar surface area (TPSA) is 108 Å². The molecule has 0 atom stereocenters. The monoisotopic (exact) mass is 511 g/mol. The number of halogens is 1. The van der Waals surface area contributed by atoms with Crippen LogP contribution in [-0.4, -0.2) is 58.0 Å². The summed E-state index contributed by atoms with van der Waals surface area (Å²) in [6, 6.07) is 12.7. The summed E-state index contributed by atoms with van der Waals surface area (Å²) in [5.41, 5.74) is 3.48. The Morgan fingerprint density at radius 2 is 2.09 bits per heavy atom. The quantitative estimate of drug-likeness (QED) is 0.281.